The van der Waals surface area contributed by atoms with Gasteiger partial charge >= 0.3 is 0 Å². The number of hydrogen-bond acceptors (Lipinski definition) is 3. The van der Waals surface area contributed by atoms with E-state index in [4.69, 9.17) is 9.47 Å². The van der Waals surface area contributed by atoms with Gasteiger partial charge in [0, 0.05) is 17.6 Å². The van der Waals surface area contributed by atoms with Crippen molar-refractivity contribution in [3.05, 3.63) is 59.2 Å². The second-order valence-electron chi connectivity index (χ2n) is 7.04. The van der Waals surface area contributed by atoms with E-state index in [1.165, 1.54) is 11.1 Å². The average molecular weight is 327 g/mol. The summed E-state index contributed by atoms with van der Waals surface area (Å²) < 4.78 is 11.3. The summed E-state index contributed by atoms with van der Waals surface area (Å²) in [5, 5.41) is 3.55. The summed E-state index contributed by atoms with van der Waals surface area (Å²) in [6.45, 7) is 10.1. The highest BCUT2D eigenvalue weighted by Crippen LogP contribution is 2.23. The lowest BCUT2D eigenvalue weighted by Crippen LogP contribution is -2.35. The number of methoxy groups -OCH3 is 1. The van der Waals surface area contributed by atoms with E-state index >= 15 is 0 Å². The first-order chi connectivity index (χ1) is 11.4. The molecule has 2 aromatic carbocycles. The van der Waals surface area contributed by atoms with Crippen LogP contribution in [-0.4, -0.2) is 12.6 Å². The molecule has 3 heteroatoms. The largest absolute Gasteiger partial charge is 0.497 e. The van der Waals surface area contributed by atoms with Crippen LogP contribution >= 0.6 is 0 Å². The van der Waals surface area contributed by atoms with Crippen LogP contribution in [-0.2, 0) is 19.6 Å². The summed E-state index contributed by atoms with van der Waals surface area (Å²) in [5.74, 6) is 1.81. The number of rotatable bonds is 7. The van der Waals surface area contributed by atoms with Gasteiger partial charge in [0.1, 0.15) is 18.1 Å². The van der Waals surface area contributed by atoms with Gasteiger partial charge in [-0.25, -0.2) is 0 Å². The normalized spacial score (nSPS) is 11.4. The molecule has 0 atom stereocenters. The third-order valence-electron chi connectivity index (χ3n) is 3.90. The van der Waals surface area contributed by atoms with Crippen molar-refractivity contribution in [1.82, 2.24) is 5.32 Å². The molecule has 0 aromatic heterocycles. The Bertz CT molecular complexity index is 642. The summed E-state index contributed by atoms with van der Waals surface area (Å²) in [7, 11) is 1.68. The maximum Gasteiger partial charge on any atom is 0.124 e. The molecule has 2 aromatic rings. The number of nitrogens with one attached hydrogen (secondary N) is 1. The SMILES string of the molecule is CCc1ccc(OCc2ccc(OC)cc2)c(CNC(C)(C)C)c1. The lowest BCUT2D eigenvalue weighted by atomic mass is 10.0. The quantitative estimate of drug-likeness (QED) is 0.798. The minimum atomic E-state index is 0.0788. The van der Waals surface area contributed by atoms with Gasteiger partial charge in [0.15, 0.2) is 0 Å². The van der Waals surface area contributed by atoms with Crippen LogP contribution in [0.5, 0.6) is 11.5 Å². The van der Waals surface area contributed by atoms with Gasteiger partial charge in [-0.3, -0.25) is 0 Å². The minimum absolute atomic E-state index is 0.0788. The molecular formula is C21H29NO2. The third-order valence-corrected chi connectivity index (χ3v) is 3.90. The Kier molecular flexibility index (Phi) is 6.27. The number of hydrogen-bond donors (Lipinski definition) is 1. The van der Waals surface area contributed by atoms with Crippen molar-refractivity contribution in [3.63, 3.8) is 0 Å². The van der Waals surface area contributed by atoms with Crippen molar-refractivity contribution in [2.45, 2.75) is 52.8 Å². The van der Waals surface area contributed by atoms with E-state index in [1.54, 1.807) is 7.11 Å². The fraction of sp³-hybridized carbons (Fsp3) is 0.429. The molecule has 0 saturated heterocycles. The summed E-state index contributed by atoms with van der Waals surface area (Å²) in [4.78, 5) is 0. The zero-order chi connectivity index (χ0) is 17.6. The van der Waals surface area contributed by atoms with E-state index in [1.807, 2.05) is 24.3 Å². The molecule has 0 radical (unpaired) electrons. The topological polar surface area (TPSA) is 30.5 Å². The fourth-order valence-electron chi connectivity index (χ4n) is 2.37. The van der Waals surface area contributed by atoms with Crippen LogP contribution in [0.15, 0.2) is 42.5 Å². The predicted octanol–water partition coefficient (Wildman–Crippen LogP) is 4.72. The van der Waals surface area contributed by atoms with E-state index in [-0.39, 0.29) is 5.54 Å². The maximum absolute atomic E-state index is 6.08. The Morgan fingerprint density at radius 1 is 0.958 bits per heavy atom. The van der Waals surface area contributed by atoms with Gasteiger partial charge in [0.25, 0.3) is 0 Å². The van der Waals surface area contributed by atoms with Gasteiger partial charge in [-0.1, -0.05) is 31.2 Å². The molecular weight excluding hydrogens is 298 g/mol. The average Bonchev–Trinajstić information content (AvgIpc) is 2.58. The zero-order valence-corrected chi connectivity index (χ0v) is 15.5. The number of ether oxygens (including phenoxy) is 2. The molecule has 130 valence electrons. The van der Waals surface area contributed by atoms with Gasteiger partial charge < -0.3 is 14.8 Å². The molecule has 0 aliphatic carbocycles. The number of benzene rings is 2. The van der Waals surface area contributed by atoms with E-state index in [2.05, 4.69) is 51.2 Å². The Morgan fingerprint density at radius 2 is 1.62 bits per heavy atom. The molecule has 3 nitrogen and oxygen atoms in total. The molecule has 0 saturated carbocycles. The molecule has 24 heavy (non-hydrogen) atoms. The molecule has 2 rings (SSSR count). The molecule has 0 bridgehead atoms. The summed E-state index contributed by atoms with van der Waals surface area (Å²) in [6.07, 6.45) is 1.03. The molecule has 0 heterocycles. The van der Waals surface area contributed by atoms with Gasteiger partial charge in [-0.05, 0) is 56.5 Å². The first-order valence-electron chi connectivity index (χ1n) is 8.54. The minimum Gasteiger partial charge on any atom is -0.497 e. The maximum atomic E-state index is 6.08. The molecule has 0 aliphatic rings. The standard InChI is InChI=1S/C21H29NO2/c1-6-16-9-12-20(18(13-16)14-22-21(2,3)4)24-15-17-7-10-19(23-5)11-8-17/h7-13,22H,6,14-15H2,1-5H3. The van der Waals surface area contributed by atoms with Crippen molar-refractivity contribution in [2.24, 2.45) is 0 Å². The van der Waals surface area contributed by atoms with Crippen LogP contribution in [0.25, 0.3) is 0 Å². The second-order valence-corrected chi connectivity index (χ2v) is 7.04. The Labute approximate surface area is 146 Å². The summed E-state index contributed by atoms with van der Waals surface area (Å²) in [6, 6.07) is 14.5. The third kappa shape index (κ3) is 5.57. The first-order valence-corrected chi connectivity index (χ1v) is 8.54. The Hall–Kier alpha value is -2.00. The van der Waals surface area contributed by atoms with Crippen molar-refractivity contribution >= 4 is 0 Å². The van der Waals surface area contributed by atoms with Crippen molar-refractivity contribution in [3.8, 4) is 11.5 Å². The van der Waals surface area contributed by atoms with Crippen LogP contribution in [0.3, 0.4) is 0 Å². The zero-order valence-electron chi connectivity index (χ0n) is 15.5. The van der Waals surface area contributed by atoms with Crippen LogP contribution in [0, 0.1) is 0 Å². The highest BCUT2D eigenvalue weighted by atomic mass is 16.5. The lowest BCUT2D eigenvalue weighted by molar-refractivity contribution is 0.300. The fourth-order valence-corrected chi connectivity index (χ4v) is 2.37. The predicted molar refractivity (Wildman–Crippen MR) is 99.7 cm³/mol. The van der Waals surface area contributed by atoms with Crippen molar-refractivity contribution < 1.29 is 9.47 Å². The van der Waals surface area contributed by atoms with Crippen LogP contribution in [0.1, 0.15) is 44.4 Å². The van der Waals surface area contributed by atoms with Gasteiger partial charge in [0.05, 0.1) is 7.11 Å². The van der Waals surface area contributed by atoms with E-state index in [0.29, 0.717) is 6.61 Å². The molecule has 0 spiro atoms. The molecule has 0 unspecified atom stereocenters. The van der Waals surface area contributed by atoms with E-state index < -0.39 is 0 Å². The second kappa shape index (κ2) is 8.20. The smallest absolute Gasteiger partial charge is 0.124 e. The van der Waals surface area contributed by atoms with Gasteiger partial charge in [-0.15, -0.1) is 0 Å². The Balaban J connectivity index is 2.09. The highest BCUT2D eigenvalue weighted by molar-refractivity contribution is 5.38. The van der Waals surface area contributed by atoms with Crippen LogP contribution in [0.2, 0.25) is 0 Å². The summed E-state index contributed by atoms with van der Waals surface area (Å²) >= 11 is 0. The summed E-state index contributed by atoms with van der Waals surface area (Å²) in [5.41, 5.74) is 3.75. The van der Waals surface area contributed by atoms with Crippen molar-refractivity contribution in [2.75, 3.05) is 7.11 Å². The first kappa shape index (κ1) is 18.3. The van der Waals surface area contributed by atoms with E-state index in [0.717, 1.165) is 30.0 Å². The molecule has 0 aliphatic heterocycles. The lowest BCUT2D eigenvalue weighted by Gasteiger charge is -2.22. The Morgan fingerprint density at radius 3 is 2.21 bits per heavy atom. The van der Waals surface area contributed by atoms with Gasteiger partial charge in [-0.2, -0.15) is 0 Å². The molecule has 1 N–H and O–H groups in total. The number of aryl methyl sites for hydroxylation is 1. The van der Waals surface area contributed by atoms with Gasteiger partial charge in [0.2, 0.25) is 0 Å². The molecule has 0 fully saturated rings. The highest BCUT2D eigenvalue weighted by Gasteiger charge is 2.12. The molecule has 0 amide bonds. The van der Waals surface area contributed by atoms with Crippen LogP contribution in [0.4, 0.5) is 0 Å². The van der Waals surface area contributed by atoms with E-state index in [9.17, 15) is 0 Å². The van der Waals surface area contributed by atoms with Crippen LogP contribution < -0.4 is 14.8 Å². The monoisotopic (exact) mass is 327 g/mol. The van der Waals surface area contributed by atoms with Crippen molar-refractivity contribution in [1.29, 1.82) is 0 Å².